The van der Waals surface area contributed by atoms with Crippen LogP contribution in [-0.4, -0.2) is 38.7 Å². The van der Waals surface area contributed by atoms with E-state index in [-0.39, 0.29) is 5.97 Å². The number of ether oxygens (including phenoxy) is 1. The van der Waals surface area contributed by atoms with Gasteiger partial charge in [0.2, 0.25) is 0 Å². The number of pyridine rings is 1. The highest BCUT2D eigenvalue weighted by Gasteiger charge is 2.22. The Balaban J connectivity index is 1.84. The van der Waals surface area contributed by atoms with Crippen molar-refractivity contribution in [2.45, 2.75) is 45.1 Å². The number of nitrogens with zero attached hydrogens (tertiary/aromatic N) is 3. The summed E-state index contributed by atoms with van der Waals surface area (Å²) < 4.78 is 6.81. The lowest BCUT2D eigenvalue weighted by molar-refractivity contribution is 0.0600. The summed E-state index contributed by atoms with van der Waals surface area (Å²) in [7, 11) is 1.39. The van der Waals surface area contributed by atoms with Crippen LogP contribution in [0.15, 0.2) is 24.5 Å². The first-order valence-corrected chi connectivity index (χ1v) is 9.04. The minimum absolute atomic E-state index is 0.356. The second kappa shape index (κ2) is 6.82. The van der Waals surface area contributed by atoms with Crippen molar-refractivity contribution in [3.05, 3.63) is 35.8 Å². The quantitative estimate of drug-likeness (QED) is 0.701. The molecule has 4 rings (SSSR count). The Kier molecular flexibility index (Phi) is 4.36. The van der Waals surface area contributed by atoms with Gasteiger partial charge in [0, 0.05) is 23.5 Å². The van der Waals surface area contributed by atoms with Crippen molar-refractivity contribution in [3.8, 4) is 11.3 Å². The third kappa shape index (κ3) is 2.94. The van der Waals surface area contributed by atoms with Gasteiger partial charge in [-0.05, 0) is 31.9 Å². The molecule has 3 aromatic rings. The Morgan fingerprint density at radius 2 is 2.12 bits per heavy atom. The molecular formula is C19H23N5O2. The second-order valence-corrected chi connectivity index (χ2v) is 6.83. The number of aromatic amines is 1. The van der Waals surface area contributed by atoms with E-state index in [0.29, 0.717) is 11.6 Å². The van der Waals surface area contributed by atoms with Crippen molar-refractivity contribution in [1.82, 2.24) is 19.6 Å². The standard InChI is InChI=1S/C19H23N5O2/c1-12-15(10-20-23-12)17-18(21-14-6-4-3-5-7-14)24-11-13(19(25)26-2)8-9-16(24)22-17/h8-11,14,21H,3-7H2,1-2H3,(H,20,23). The number of hydrogen-bond donors (Lipinski definition) is 2. The van der Waals surface area contributed by atoms with Gasteiger partial charge in [-0.2, -0.15) is 5.10 Å². The summed E-state index contributed by atoms with van der Waals surface area (Å²) in [5.41, 5.74) is 4.06. The number of methoxy groups -OCH3 is 1. The smallest absolute Gasteiger partial charge is 0.339 e. The Morgan fingerprint density at radius 1 is 1.31 bits per heavy atom. The summed E-state index contributed by atoms with van der Waals surface area (Å²) in [5.74, 6) is 0.549. The first-order valence-electron chi connectivity index (χ1n) is 9.04. The van der Waals surface area contributed by atoms with Gasteiger partial charge in [-0.25, -0.2) is 9.78 Å². The third-order valence-corrected chi connectivity index (χ3v) is 5.07. The number of hydrogen-bond acceptors (Lipinski definition) is 5. The lowest BCUT2D eigenvalue weighted by Crippen LogP contribution is -2.23. The minimum Gasteiger partial charge on any atom is -0.465 e. The number of aromatic nitrogens is 4. The summed E-state index contributed by atoms with van der Waals surface area (Å²) in [4.78, 5) is 16.8. The van der Waals surface area contributed by atoms with Crippen molar-refractivity contribution in [3.63, 3.8) is 0 Å². The molecule has 0 aromatic carbocycles. The number of esters is 1. The zero-order valence-electron chi connectivity index (χ0n) is 15.1. The maximum absolute atomic E-state index is 12.0. The molecule has 1 fully saturated rings. The van der Waals surface area contributed by atoms with Crippen LogP contribution in [0.2, 0.25) is 0 Å². The summed E-state index contributed by atoms with van der Waals surface area (Å²) >= 11 is 0. The van der Waals surface area contributed by atoms with Gasteiger partial charge in [-0.1, -0.05) is 19.3 Å². The number of aryl methyl sites for hydroxylation is 1. The monoisotopic (exact) mass is 353 g/mol. The van der Waals surface area contributed by atoms with E-state index in [2.05, 4.69) is 15.5 Å². The lowest BCUT2D eigenvalue weighted by atomic mass is 9.95. The molecule has 0 saturated heterocycles. The number of anilines is 1. The van der Waals surface area contributed by atoms with Crippen LogP contribution in [0.1, 0.15) is 48.2 Å². The average Bonchev–Trinajstić information content (AvgIpc) is 3.25. The molecule has 136 valence electrons. The van der Waals surface area contributed by atoms with Gasteiger partial charge in [0.25, 0.3) is 0 Å². The number of H-pyrrole nitrogens is 1. The van der Waals surface area contributed by atoms with Gasteiger partial charge in [-0.15, -0.1) is 0 Å². The Morgan fingerprint density at radius 3 is 2.81 bits per heavy atom. The normalized spacial score (nSPS) is 15.3. The van der Waals surface area contributed by atoms with Gasteiger partial charge >= 0.3 is 5.97 Å². The predicted octanol–water partition coefficient (Wildman–Crippen LogP) is 3.56. The SMILES string of the molecule is COC(=O)c1ccc2nc(-c3cn[nH]c3C)c(NC3CCCCC3)n2c1. The van der Waals surface area contributed by atoms with Crippen LogP contribution in [0.25, 0.3) is 16.9 Å². The zero-order valence-corrected chi connectivity index (χ0v) is 15.1. The second-order valence-electron chi connectivity index (χ2n) is 6.83. The van der Waals surface area contributed by atoms with Crippen LogP contribution < -0.4 is 5.32 Å². The third-order valence-electron chi connectivity index (χ3n) is 5.07. The molecule has 7 nitrogen and oxygen atoms in total. The lowest BCUT2D eigenvalue weighted by Gasteiger charge is -2.24. The molecule has 1 saturated carbocycles. The maximum Gasteiger partial charge on any atom is 0.339 e. The van der Waals surface area contributed by atoms with Gasteiger partial charge in [0.05, 0.1) is 18.9 Å². The molecule has 0 spiro atoms. The van der Waals surface area contributed by atoms with Gasteiger partial charge < -0.3 is 10.1 Å². The van der Waals surface area contributed by atoms with E-state index >= 15 is 0 Å². The van der Waals surface area contributed by atoms with Crippen LogP contribution in [0, 0.1) is 6.92 Å². The highest BCUT2D eigenvalue weighted by molar-refractivity contribution is 5.90. The topological polar surface area (TPSA) is 84.3 Å². The number of nitrogens with one attached hydrogen (secondary N) is 2. The molecule has 3 heterocycles. The molecule has 0 aliphatic heterocycles. The molecule has 0 unspecified atom stereocenters. The van der Waals surface area contributed by atoms with Gasteiger partial charge in [0.15, 0.2) is 0 Å². The van der Waals surface area contributed by atoms with E-state index in [0.717, 1.165) is 41.3 Å². The van der Waals surface area contributed by atoms with Crippen LogP contribution in [-0.2, 0) is 4.74 Å². The van der Waals surface area contributed by atoms with Crippen molar-refractivity contribution in [2.24, 2.45) is 0 Å². The van der Waals surface area contributed by atoms with E-state index in [1.165, 1.54) is 26.4 Å². The van der Waals surface area contributed by atoms with Crippen LogP contribution in [0.4, 0.5) is 5.82 Å². The van der Waals surface area contributed by atoms with Crippen molar-refractivity contribution in [1.29, 1.82) is 0 Å². The van der Waals surface area contributed by atoms with E-state index in [9.17, 15) is 4.79 Å². The minimum atomic E-state index is -0.356. The van der Waals surface area contributed by atoms with E-state index < -0.39 is 0 Å². The summed E-state index contributed by atoms with van der Waals surface area (Å²) in [5, 5.41) is 10.8. The number of carbonyl (C=O) groups is 1. The average molecular weight is 353 g/mol. The van der Waals surface area contributed by atoms with Crippen molar-refractivity contribution < 1.29 is 9.53 Å². The largest absolute Gasteiger partial charge is 0.465 e. The predicted molar refractivity (Wildman–Crippen MR) is 99.3 cm³/mol. The van der Waals surface area contributed by atoms with Gasteiger partial charge in [-0.3, -0.25) is 9.50 Å². The fourth-order valence-electron chi connectivity index (χ4n) is 3.64. The number of imidazole rings is 1. The number of rotatable bonds is 4. The van der Waals surface area contributed by atoms with Crippen molar-refractivity contribution >= 4 is 17.4 Å². The Hall–Kier alpha value is -2.83. The number of fused-ring (bicyclic) bond motifs is 1. The van der Waals surface area contributed by atoms with E-state index in [1.54, 1.807) is 18.5 Å². The maximum atomic E-state index is 12.0. The molecule has 2 N–H and O–H groups in total. The van der Waals surface area contributed by atoms with Crippen molar-refractivity contribution in [2.75, 3.05) is 12.4 Å². The van der Waals surface area contributed by atoms with Crippen LogP contribution in [0.3, 0.4) is 0 Å². The first kappa shape index (κ1) is 16.6. The molecule has 0 bridgehead atoms. The molecule has 1 aliphatic carbocycles. The summed E-state index contributed by atoms with van der Waals surface area (Å²) in [6, 6.07) is 4.00. The molecule has 0 atom stereocenters. The van der Waals surface area contributed by atoms with Crippen LogP contribution >= 0.6 is 0 Å². The number of carbonyl (C=O) groups excluding carboxylic acids is 1. The molecule has 3 aromatic heterocycles. The molecule has 0 radical (unpaired) electrons. The molecule has 1 aliphatic rings. The molecule has 7 heteroatoms. The van der Waals surface area contributed by atoms with Crippen LogP contribution in [0.5, 0.6) is 0 Å². The summed E-state index contributed by atoms with van der Waals surface area (Å²) in [6.45, 7) is 1.98. The van der Waals surface area contributed by atoms with Gasteiger partial charge in [0.1, 0.15) is 17.2 Å². The Bertz CT molecular complexity index is 937. The highest BCUT2D eigenvalue weighted by Crippen LogP contribution is 2.32. The highest BCUT2D eigenvalue weighted by atomic mass is 16.5. The van der Waals surface area contributed by atoms with E-state index in [1.807, 2.05) is 17.4 Å². The summed E-state index contributed by atoms with van der Waals surface area (Å²) in [6.07, 6.45) is 9.65. The fourth-order valence-corrected chi connectivity index (χ4v) is 3.64. The fraction of sp³-hybridized carbons (Fsp3) is 0.421. The first-order chi connectivity index (χ1) is 12.7. The zero-order chi connectivity index (χ0) is 18.1. The molecular weight excluding hydrogens is 330 g/mol. The molecule has 26 heavy (non-hydrogen) atoms. The van der Waals surface area contributed by atoms with E-state index in [4.69, 9.17) is 9.72 Å². The Labute approximate surface area is 151 Å². The molecule has 0 amide bonds.